The molecule has 0 aromatic rings. The standard InChI is InChI=1S/C12H21NO4/c1-11(2,3)17-10(16)12(8-15)6-4-5-9(7-14)13-12/h4-5,9,13-15H,6-8H2,1-3H3/t9-,12+/m1/s1. The van der Waals surface area contributed by atoms with E-state index in [1.54, 1.807) is 32.9 Å². The molecule has 0 fully saturated rings. The van der Waals surface area contributed by atoms with Gasteiger partial charge >= 0.3 is 5.97 Å². The number of ether oxygens (including phenoxy) is 1. The number of aliphatic hydroxyl groups excluding tert-OH is 2. The summed E-state index contributed by atoms with van der Waals surface area (Å²) in [5.41, 5.74) is -1.74. The number of esters is 1. The normalized spacial score (nSPS) is 29.1. The second-order valence-electron chi connectivity index (χ2n) is 5.31. The summed E-state index contributed by atoms with van der Waals surface area (Å²) >= 11 is 0. The molecule has 1 heterocycles. The van der Waals surface area contributed by atoms with Crippen LogP contribution in [-0.4, -0.2) is 46.6 Å². The fraction of sp³-hybridized carbons (Fsp3) is 0.750. The summed E-state index contributed by atoms with van der Waals surface area (Å²) in [5, 5.41) is 21.5. The lowest BCUT2D eigenvalue weighted by atomic mass is 9.90. The van der Waals surface area contributed by atoms with E-state index in [0.29, 0.717) is 6.42 Å². The Kier molecular flexibility index (Phi) is 4.30. The molecule has 3 N–H and O–H groups in total. The molecular weight excluding hydrogens is 222 g/mol. The van der Waals surface area contributed by atoms with E-state index >= 15 is 0 Å². The topological polar surface area (TPSA) is 78.8 Å². The molecule has 1 rings (SSSR count). The molecule has 0 saturated heterocycles. The van der Waals surface area contributed by atoms with E-state index in [1.165, 1.54) is 0 Å². The predicted molar refractivity (Wildman–Crippen MR) is 63.4 cm³/mol. The Balaban J connectivity index is 2.82. The Labute approximate surface area is 101 Å². The Bertz CT molecular complexity index is 308. The van der Waals surface area contributed by atoms with Crippen molar-refractivity contribution in [2.45, 2.75) is 44.4 Å². The van der Waals surface area contributed by atoms with Crippen molar-refractivity contribution >= 4 is 5.97 Å². The minimum Gasteiger partial charge on any atom is -0.459 e. The molecule has 1 aliphatic heterocycles. The lowest BCUT2D eigenvalue weighted by Crippen LogP contribution is -2.61. The first-order chi connectivity index (χ1) is 7.83. The van der Waals surface area contributed by atoms with Crippen LogP contribution < -0.4 is 5.32 Å². The van der Waals surface area contributed by atoms with E-state index in [4.69, 9.17) is 9.84 Å². The van der Waals surface area contributed by atoms with Crippen molar-refractivity contribution in [1.29, 1.82) is 0 Å². The van der Waals surface area contributed by atoms with Gasteiger partial charge in [0, 0.05) is 6.04 Å². The SMILES string of the molecule is CC(C)(C)OC(=O)[C@@]1(CO)CC=C[C@H](CO)N1. The largest absolute Gasteiger partial charge is 0.459 e. The van der Waals surface area contributed by atoms with Crippen LogP contribution >= 0.6 is 0 Å². The van der Waals surface area contributed by atoms with E-state index in [2.05, 4.69) is 5.32 Å². The fourth-order valence-corrected chi connectivity index (χ4v) is 1.69. The Morgan fingerprint density at radius 1 is 1.53 bits per heavy atom. The monoisotopic (exact) mass is 243 g/mol. The van der Waals surface area contributed by atoms with Crippen LogP contribution in [0.4, 0.5) is 0 Å². The average molecular weight is 243 g/mol. The molecule has 0 aromatic carbocycles. The first-order valence-corrected chi connectivity index (χ1v) is 5.72. The molecule has 2 atom stereocenters. The summed E-state index contributed by atoms with van der Waals surface area (Å²) in [5.74, 6) is -0.490. The van der Waals surface area contributed by atoms with Crippen molar-refractivity contribution in [1.82, 2.24) is 5.32 Å². The van der Waals surface area contributed by atoms with Crippen LogP contribution in [0.2, 0.25) is 0 Å². The van der Waals surface area contributed by atoms with Gasteiger partial charge in [-0.15, -0.1) is 0 Å². The number of hydrogen-bond donors (Lipinski definition) is 3. The molecule has 0 bridgehead atoms. The number of rotatable bonds is 3. The van der Waals surface area contributed by atoms with Crippen molar-refractivity contribution < 1.29 is 19.7 Å². The average Bonchev–Trinajstić information content (AvgIpc) is 2.26. The van der Waals surface area contributed by atoms with Crippen molar-refractivity contribution in [3.05, 3.63) is 12.2 Å². The molecule has 0 amide bonds. The zero-order valence-corrected chi connectivity index (χ0v) is 10.6. The van der Waals surface area contributed by atoms with Crippen LogP contribution in [0.1, 0.15) is 27.2 Å². The predicted octanol–water partition coefficient (Wildman–Crippen LogP) is -0.0304. The van der Waals surface area contributed by atoms with Gasteiger partial charge in [0.15, 0.2) is 0 Å². The van der Waals surface area contributed by atoms with Crippen molar-refractivity contribution in [3.8, 4) is 0 Å². The van der Waals surface area contributed by atoms with E-state index in [0.717, 1.165) is 0 Å². The fourth-order valence-electron chi connectivity index (χ4n) is 1.69. The number of carbonyl (C=O) groups is 1. The van der Waals surface area contributed by atoms with Gasteiger partial charge in [0.2, 0.25) is 0 Å². The highest BCUT2D eigenvalue weighted by atomic mass is 16.6. The van der Waals surface area contributed by atoms with Gasteiger partial charge in [0.1, 0.15) is 11.1 Å². The molecule has 0 unspecified atom stereocenters. The second kappa shape index (κ2) is 5.16. The van der Waals surface area contributed by atoms with E-state index in [1.807, 2.05) is 0 Å². The zero-order valence-electron chi connectivity index (χ0n) is 10.6. The van der Waals surface area contributed by atoms with Crippen LogP contribution in [-0.2, 0) is 9.53 Å². The molecule has 0 aromatic heterocycles. The second-order valence-corrected chi connectivity index (χ2v) is 5.31. The maximum Gasteiger partial charge on any atom is 0.329 e. The van der Waals surface area contributed by atoms with Crippen LogP contribution in [0.15, 0.2) is 12.2 Å². The van der Waals surface area contributed by atoms with Crippen molar-refractivity contribution in [3.63, 3.8) is 0 Å². The van der Waals surface area contributed by atoms with E-state index in [-0.39, 0.29) is 19.3 Å². The first-order valence-electron chi connectivity index (χ1n) is 5.72. The van der Waals surface area contributed by atoms with Gasteiger partial charge in [-0.25, -0.2) is 4.79 Å². The van der Waals surface area contributed by atoms with Gasteiger partial charge < -0.3 is 14.9 Å². The minimum absolute atomic E-state index is 0.124. The van der Waals surface area contributed by atoms with Crippen molar-refractivity contribution in [2.75, 3.05) is 13.2 Å². The summed E-state index contributed by atoms with van der Waals surface area (Å²) in [7, 11) is 0. The number of nitrogens with one attached hydrogen (secondary N) is 1. The number of carbonyl (C=O) groups excluding carboxylic acids is 1. The number of aliphatic hydroxyl groups is 2. The quantitative estimate of drug-likeness (QED) is 0.479. The van der Waals surface area contributed by atoms with Gasteiger partial charge in [0.25, 0.3) is 0 Å². The lowest BCUT2D eigenvalue weighted by Gasteiger charge is -2.37. The van der Waals surface area contributed by atoms with Crippen molar-refractivity contribution in [2.24, 2.45) is 0 Å². The molecule has 0 aliphatic carbocycles. The maximum absolute atomic E-state index is 12.1. The smallest absolute Gasteiger partial charge is 0.329 e. The number of hydrogen-bond acceptors (Lipinski definition) is 5. The first kappa shape index (κ1) is 14.2. The Hall–Kier alpha value is -0.910. The molecule has 5 nitrogen and oxygen atoms in total. The third-order valence-corrected chi connectivity index (χ3v) is 2.55. The summed E-state index contributed by atoms with van der Waals surface area (Å²) in [4.78, 5) is 12.1. The third kappa shape index (κ3) is 3.52. The van der Waals surface area contributed by atoms with Gasteiger partial charge in [-0.3, -0.25) is 5.32 Å². The van der Waals surface area contributed by atoms with Gasteiger partial charge in [0.05, 0.1) is 13.2 Å². The summed E-state index contributed by atoms with van der Waals surface area (Å²) in [6, 6.07) is -0.330. The summed E-state index contributed by atoms with van der Waals surface area (Å²) in [6.45, 7) is 4.85. The molecular formula is C12H21NO4. The van der Waals surface area contributed by atoms with Crippen LogP contribution in [0, 0.1) is 0 Å². The molecule has 0 spiro atoms. The molecule has 1 aliphatic rings. The zero-order chi connectivity index (χ0) is 13.1. The van der Waals surface area contributed by atoms with Crippen LogP contribution in [0.25, 0.3) is 0 Å². The van der Waals surface area contributed by atoms with Crippen LogP contribution in [0.5, 0.6) is 0 Å². The van der Waals surface area contributed by atoms with E-state index in [9.17, 15) is 9.90 Å². The molecule has 98 valence electrons. The van der Waals surface area contributed by atoms with Gasteiger partial charge in [-0.05, 0) is 27.2 Å². The summed E-state index contributed by atoms with van der Waals surface area (Å²) < 4.78 is 5.29. The molecule has 5 heteroatoms. The van der Waals surface area contributed by atoms with Gasteiger partial charge in [-0.1, -0.05) is 12.2 Å². The highest BCUT2D eigenvalue weighted by Gasteiger charge is 2.43. The van der Waals surface area contributed by atoms with Gasteiger partial charge in [-0.2, -0.15) is 0 Å². The third-order valence-electron chi connectivity index (χ3n) is 2.55. The minimum atomic E-state index is -1.14. The highest BCUT2D eigenvalue weighted by molar-refractivity contribution is 5.82. The molecule has 0 saturated carbocycles. The Morgan fingerprint density at radius 3 is 2.65 bits per heavy atom. The maximum atomic E-state index is 12.1. The highest BCUT2D eigenvalue weighted by Crippen LogP contribution is 2.22. The Morgan fingerprint density at radius 2 is 2.18 bits per heavy atom. The van der Waals surface area contributed by atoms with E-state index < -0.39 is 17.1 Å². The molecule has 0 radical (unpaired) electrons. The van der Waals surface area contributed by atoms with Crippen LogP contribution in [0.3, 0.4) is 0 Å². The lowest BCUT2D eigenvalue weighted by molar-refractivity contribution is -0.165. The summed E-state index contributed by atoms with van der Waals surface area (Å²) in [6.07, 6.45) is 3.91. The molecule has 17 heavy (non-hydrogen) atoms.